The molecule has 0 unspecified atom stereocenters. The molecular formula is C11H16BNO2. The molecule has 1 aliphatic heterocycles. The van der Waals surface area contributed by atoms with Gasteiger partial charge in [0.2, 0.25) is 0 Å². The molecule has 3 nitrogen and oxygen atoms in total. The van der Waals surface area contributed by atoms with Crippen molar-refractivity contribution in [1.29, 1.82) is 0 Å². The van der Waals surface area contributed by atoms with Gasteiger partial charge in [0.15, 0.2) is 0 Å². The van der Waals surface area contributed by atoms with Gasteiger partial charge in [0, 0.05) is 19.6 Å². The first-order valence-corrected chi connectivity index (χ1v) is 5.32. The molecule has 0 spiro atoms. The van der Waals surface area contributed by atoms with Crippen molar-refractivity contribution in [3.05, 3.63) is 29.8 Å². The van der Waals surface area contributed by atoms with E-state index >= 15 is 0 Å². The third kappa shape index (κ3) is 2.59. The highest BCUT2D eigenvalue weighted by Gasteiger charge is 2.22. The molecule has 1 aromatic rings. The average Bonchev–Trinajstić information content (AvgIpc) is 2.16. The van der Waals surface area contributed by atoms with Gasteiger partial charge in [0.1, 0.15) is 0 Å². The first kappa shape index (κ1) is 10.7. The van der Waals surface area contributed by atoms with E-state index in [4.69, 9.17) is 10.0 Å². The lowest BCUT2D eigenvalue weighted by molar-refractivity contribution is 0.105. The zero-order valence-electron chi connectivity index (χ0n) is 8.93. The Labute approximate surface area is 90.5 Å². The Hall–Kier alpha value is -0.835. The van der Waals surface area contributed by atoms with Crippen molar-refractivity contribution in [2.75, 3.05) is 13.1 Å². The fourth-order valence-corrected chi connectivity index (χ4v) is 2.01. The number of nitrogens with zero attached hydrogens (tertiary/aromatic N) is 1. The summed E-state index contributed by atoms with van der Waals surface area (Å²) in [5.41, 5.74) is 1.78. The molecule has 0 aromatic heterocycles. The van der Waals surface area contributed by atoms with Crippen LogP contribution in [0.4, 0.5) is 0 Å². The highest BCUT2D eigenvalue weighted by Crippen LogP contribution is 2.16. The molecule has 2 rings (SSSR count). The summed E-state index contributed by atoms with van der Waals surface area (Å²) in [5.74, 6) is 0.823. The summed E-state index contributed by atoms with van der Waals surface area (Å²) in [6.45, 7) is 5.56. The molecule has 0 aliphatic carbocycles. The van der Waals surface area contributed by atoms with Gasteiger partial charge in [-0.25, -0.2) is 0 Å². The van der Waals surface area contributed by atoms with Crippen LogP contribution in [0.15, 0.2) is 24.3 Å². The first-order chi connectivity index (χ1) is 7.15. The molecule has 0 radical (unpaired) electrons. The minimum atomic E-state index is -1.36. The maximum Gasteiger partial charge on any atom is 0.488 e. The number of benzene rings is 1. The molecule has 0 saturated carbocycles. The fourth-order valence-electron chi connectivity index (χ4n) is 2.01. The lowest BCUT2D eigenvalue weighted by Gasteiger charge is -2.37. The third-order valence-corrected chi connectivity index (χ3v) is 2.82. The maximum absolute atomic E-state index is 8.93. The van der Waals surface area contributed by atoms with Gasteiger partial charge < -0.3 is 10.0 Å². The van der Waals surface area contributed by atoms with E-state index in [0.29, 0.717) is 5.46 Å². The summed E-state index contributed by atoms with van der Waals surface area (Å²) in [6, 6.07) is 7.45. The van der Waals surface area contributed by atoms with Crippen LogP contribution in [0.1, 0.15) is 12.5 Å². The molecule has 15 heavy (non-hydrogen) atoms. The Morgan fingerprint density at radius 2 is 1.87 bits per heavy atom. The van der Waals surface area contributed by atoms with Crippen molar-refractivity contribution in [3.8, 4) is 0 Å². The van der Waals surface area contributed by atoms with Crippen LogP contribution in [-0.4, -0.2) is 35.2 Å². The van der Waals surface area contributed by atoms with Crippen LogP contribution < -0.4 is 5.46 Å². The van der Waals surface area contributed by atoms with Gasteiger partial charge in [0.05, 0.1) is 0 Å². The normalized spacial score (nSPS) is 17.5. The van der Waals surface area contributed by atoms with Gasteiger partial charge in [-0.05, 0) is 16.9 Å². The first-order valence-electron chi connectivity index (χ1n) is 5.32. The van der Waals surface area contributed by atoms with Crippen LogP contribution in [0.2, 0.25) is 0 Å². The molecule has 1 saturated heterocycles. The largest absolute Gasteiger partial charge is 0.488 e. The van der Waals surface area contributed by atoms with Crippen LogP contribution in [0, 0.1) is 5.92 Å². The van der Waals surface area contributed by atoms with Gasteiger partial charge in [-0.15, -0.1) is 0 Å². The number of likely N-dealkylation sites (tertiary alicyclic amines) is 1. The summed E-state index contributed by atoms with van der Waals surface area (Å²) >= 11 is 0. The van der Waals surface area contributed by atoms with E-state index in [1.165, 1.54) is 18.7 Å². The van der Waals surface area contributed by atoms with Crippen molar-refractivity contribution in [3.63, 3.8) is 0 Å². The van der Waals surface area contributed by atoms with Crippen molar-refractivity contribution in [2.45, 2.75) is 13.5 Å². The summed E-state index contributed by atoms with van der Waals surface area (Å²) < 4.78 is 0. The average molecular weight is 205 g/mol. The van der Waals surface area contributed by atoms with E-state index in [9.17, 15) is 0 Å². The zero-order chi connectivity index (χ0) is 10.8. The van der Waals surface area contributed by atoms with Gasteiger partial charge >= 0.3 is 7.12 Å². The highest BCUT2D eigenvalue weighted by atomic mass is 16.4. The van der Waals surface area contributed by atoms with Crippen molar-refractivity contribution < 1.29 is 10.0 Å². The number of hydrogen-bond acceptors (Lipinski definition) is 3. The molecule has 1 aliphatic rings. The topological polar surface area (TPSA) is 43.7 Å². The smallest absolute Gasteiger partial charge is 0.423 e. The Morgan fingerprint density at radius 3 is 2.33 bits per heavy atom. The molecule has 80 valence electrons. The van der Waals surface area contributed by atoms with Crippen molar-refractivity contribution >= 4 is 12.6 Å². The third-order valence-electron chi connectivity index (χ3n) is 2.82. The van der Waals surface area contributed by atoms with E-state index in [1.807, 2.05) is 12.1 Å². The van der Waals surface area contributed by atoms with Gasteiger partial charge in [-0.3, -0.25) is 4.90 Å². The summed E-state index contributed by atoms with van der Waals surface area (Å²) in [5, 5.41) is 17.9. The second kappa shape index (κ2) is 4.35. The molecular weight excluding hydrogens is 189 g/mol. The second-order valence-electron chi connectivity index (χ2n) is 4.41. The predicted octanol–water partition coefficient (Wildman–Crippen LogP) is -0.182. The molecule has 0 bridgehead atoms. The van der Waals surface area contributed by atoms with Crippen molar-refractivity contribution in [2.24, 2.45) is 5.92 Å². The Bertz CT molecular complexity index is 320. The van der Waals surface area contributed by atoms with Crippen molar-refractivity contribution in [1.82, 2.24) is 4.90 Å². The standard InChI is InChI=1S/C11H16BNO2/c1-9-6-13(7-9)8-10-2-4-11(5-3-10)12(14)15/h2-5,9,14-15H,6-8H2,1H3. The van der Waals surface area contributed by atoms with E-state index in [1.54, 1.807) is 12.1 Å². The van der Waals surface area contributed by atoms with Crippen LogP contribution in [0.5, 0.6) is 0 Å². The fraction of sp³-hybridized carbons (Fsp3) is 0.455. The van der Waals surface area contributed by atoms with Crippen LogP contribution in [0.25, 0.3) is 0 Å². The Kier molecular flexibility index (Phi) is 3.10. The Morgan fingerprint density at radius 1 is 1.27 bits per heavy atom. The number of hydrogen-bond donors (Lipinski definition) is 2. The maximum atomic E-state index is 8.93. The van der Waals surface area contributed by atoms with E-state index < -0.39 is 7.12 Å². The molecule has 1 aromatic carbocycles. The molecule has 2 N–H and O–H groups in total. The van der Waals surface area contributed by atoms with Crippen LogP contribution in [0.3, 0.4) is 0 Å². The Balaban J connectivity index is 1.92. The van der Waals surface area contributed by atoms with E-state index in [2.05, 4.69) is 11.8 Å². The minimum Gasteiger partial charge on any atom is -0.423 e. The number of rotatable bonds is 3. The van der Waals surface area contributed by atoms with E-state index in [0.717, 1.165) is 12.5 Å². The SMILES string of the molecule is CC1CN(Cc2ccc(B(O)O)cc2)C1. The lowest BCUT2D eigenvalue weighted by Crippen LogP contribution is -2.44. The van der Waals surface area contributed by atoms with E-state index in [-0.39, 0.29) is 0 Å². The van der Waals surface area contributed by atoms with Crippen LogP contribution in [-0.2, 0) is 6.54 Å². The van der Waals surface area contributed by atoms with Gasteiger partial charge in [-0.1, -0.05) is 31.2 Å². The zero-order valence-corrected chi connectivity index (χ0v) is 8.93. The molecule has 0 atom stereocenters. The monoisotopic (exact) mass is 205 g/mol. The minimum absolute atomic E-state index is 0.552. The van der Waals surface area contributed by atoms with Gasteiger partial charge in [-0.2, -0.15) is 0 Å². The van der Waals surface area contributed by atoms with Gasteiger partial charge in [0.25, 0.3) is 0 Å². The summed E-state index contributed by atoms with van der Waals surface area (Å²) in [4.78, 5) is 2.38. The lowest BCUT2D eigenvalue weighted by atomic mass is 9.80. The molecule has 1 heterocycles. The van der Waals surface area contributed by atoms with Crippen LogP contribution >= 0.6 is 0 Å². The molecule has 4 heteroatoms. The molecule has 0 amide bonds. The quantitative estimate of drug-likeness (QED) is 0.672. The summed E-state index contributed by atoms with van der Waals surface area (Å²) in [6.07, 6.45) is 0. The molecule has 1 fully saturated rings. The highest BCUT2D eigenvalue weighted by molar-refractivity contribution is 6.58. The predicted molar refractivity (Wildman–Crippen MR) is 60.7 cm³/mol. The summed E-state index contributed by atoms with van der Waals surface area (Å²) in [7, 11) is -1.36. The second-order valence-corrected chi connectivity index (χ2v) is 4.41.